The fraction of sp³-hybridized carbons (Fsp3) is 0.273. The lowest BCUT2D eigenvalue weighted by atomic mass is 10.2. The summed E-state index contributed by atoms with van der Waals surface area (Å²) < 4.78 is 22.5. The van der Waals surface area contributed by atoms with Crippen LogP contribution in [0, 0.1) is 0 Å². The van der Waals surface area contributed by atoms with Crippen molar-refractivity contribution in [3.8, 4) is 23.0 Å². The number of benzene rings is 4. The lowest BCUT2D eigenvalue weighted by Crippen LogP contribution is -2.03. The molecule has 0 aliphatic carbocycles. The second-order valence-corrected chi connectivity index (χ2v) is 9.44. The van der Waals surface area contributed by atoms with Gasteiger partial charge in [0.15, 0.2) is 0 Å². The molecule has 0 bridgehead atoms. The molecule has 0 saturated heterocycles. The molecule has 0 aliphatic rings. The highest BCUT2D eigenvalue weighted by molar-refractivity contribution is 5.44. The van der Waals surface area contributed by atoms with E-state index in [0.717, 1.165) is 66.5 Å². The smallest absolute Gasteiger partial charge is 0.121 e. The van der Waals surface area contributed by atoms with Gasteiger partial charge in [-0.05, 0) is 105 Å². The maximum Gasteiger partial charge on any atom is 0.121 e. The number of anilines is 4. The Balaban J connectivity index is 0.000000226. The highest BCUT2D eigenvalue weighted by atomic mass is 16.5. The largest absolute Gasteiger partial charge is 0.494 e. The van der Waals surface area contributed by atoms with Gasteiger partial charge in [-0.3, -0.25) is 0 Å². The van der Waals surface area contributed by atoms with Gasteiger partial charge in [0.25, 0.3) is 0 Å². The average molecular weight is 559 g/mol. The quantitative estimate of drug-likeness (QED) is 0.0948. The first-order chi connectivity index (χ1) is 20.0. The molecule has 4 aromatic rings. The van der Waals surface area contributed by atoms with E-state index in [1.807, 2.05) is 97.1 Å². The standard InChI is InChI=1S/C17H22N2O2.C16H20N2O2/c18-14-4-8-16(9-5-14)20-12-2-1-3-13-21-17-10-6-15(19)7-11-17;17-13-5-3-7-15(11-13)19-9-1-2-10-20-16-8-4-6-14(18)12-16/h4-11H,1-3,12-13,18-19H2;3-8,11-12H,1-2,9-10,17-18H2. The topological polar surface area (TPSA) is 141 Å². The van der Waals surface area contributed by atoms with Gasteiger partial charge in [0.2, 0.25) is 0 Å². The third kappa shape index (κ3) is 13.3. The van der Waals surface area contributed by atoms with Gasteiger partial charge in [-0.15, -0.1) is 0 Å². The first-order valence-electron chi connectivity index (χ1n) is 13.9. The SMILES string of the molecule is Nc1ccc(OCCCCCOc2ccc(N)cc2)cc1.Nc1cccc(OCCCCOc2cccc(N)c2)c1. The number of unbranched alkanes of at least 4 members (excludes halogenated alkanes) is 3. The molecule has 0 heterocycles. The molecule has 8 heteroatoms. The van der Waals surface area contributed by atoms with E-state index in [4.69, 9.17) is 41.9 Å². The summed E-state index contributed by atoms with van der Waals surface area (Å²) in [6.45, 7) is 2.74. The van der Waals surface area contributed by atoms with Crippen molar-refractivity contribution >= 4 is 22.7 Å². The Kier molecular flexibility index (Phi) is 13.4. The minimum Gasteiger partial charge on any atom is -0.494 e. The van der Waals surface area contributed by atoms with Gasteiger partial charge in [-0.1, -0.05) is 12.1 Å². The van der Waals surface area contributed by atoms with Gasteiger partial charge in [0, 0.05) is 34.9 Å². The van der Waals surface area contributed by atoms with E-state index < -0.39 is 0 Å². The Labute approximate surface area is 243 Å². The Morgan fingerprint density at radius 2 is 0.683 bits per heavy atom. The molecular formula is C33H42N4O4. The summed E-state index contributed by atoms with van der Waals surface area (Å²) >= 11 is 0. The molecule has 0 amide bonds. The van der Waals surface area contributed by atoms with Crippen molar-refractivity contribution in [3.63, 3.8) is 0 Å². The zero-order chi connectivity index (χ0) is 29.1. The van der Waals surface area contributed by atoms with E-state index >= 15 is 0 Å². The zero-order valence-corrected chi connectivity index (χ0v) is 23.5. The van der Waals surface area contributed by atoms with Gasteiger partial charge in [0.05, 0.1) is 26.4 Å². The van der Waals surface area contributed by atoms with Gasteiger partial charge in [-0.2, -0.15) is 0 Å². The van der Waals surface area contributed by atoms with Crippen molar-refractivity contribution in [1.82, 2.24) is 0 Å². The molecule has 41 heavy (non-hydrogen) atoms. The maximum atomic E-state index is 5.68. The summed E-state index contributed by atoms with van der Waals surface area (Å²) in [5, 5.41) is 0. The molecule has 0 aromatic heterocycles. The van der Waals surface area contributed by atoms with E-state index in [2.05, 4.69) is 0 Å². The van der Waals surface area contributed by atoms with Crippen molar-refractivity contribution < 1.29 is 18.9 Å². The second-order valence-electron chi connectivity index (χ2n) is 9.44. The van der Waals surface area contributed by atoms with Gasteiger partial charge < -0.3 is 41.9 Å². The lowest BCUT2D eigenvalue weighted by molar-refractivity contribution is 0.266. The van der Waals surface area contributed by atoms with Crippen molar-refractivity contribution in [2.45, 2.75) is 32.1 Å². The Morgan fingerprint density at radius 3 is 1.05 bits per heavy atom. The van der Waals surface area contributed by atoms with Crippen LogP contribution in [0.25, 0.3) is 0 Å². The van der Waals surface area contributed by atoms with Crippen LogP contribution in [0.2, 0.25) is 0 Å². The molecule has 4 aromatic carbocycles. The molecule has 8 N–H and O–H groups in total. The van der Waals surface area contributed by atoms with E-state index in [-0.39, 0.29) is 0 Å². The summed E-state index contributed by atoms with van der Waals surface area (Å²) in [6.07, 6.45) is 4.95. The molecule has 0 radical (unpaired) electrons. The van der Waals surface area contributed by atoms with Crippen LogP contribution in [0.5, 0.6) is 23.0 Å². The van der Waals surface area contributed by atoms with Crippen molar-refractivity contribution in [2.75, 3.05) is 49.4 Å². The molecule has 8 nitrogen and oxygen atoms in total. The maximum absolute atomic E-state index is 5.68. The van der Waals surface area contributed by atoms with Crippen LogP contribution in [0.1, 0.15) is 32.1 Å². The fourth-order valence-electron chi connectivity index (χ4n) is 3.68. The van der Waals surface area contributed by atoms with Gasteiger partial charge in [-0.25, -0.2) is 0 Å². The van der Waals surface area contributed by atoms with Crippen LogP contribution in [0.15, 0.2) is 97.1 Å². The van der Waals surface area contributed by atoms with Crippen LogP contribution in [0.3, 0.4) is 0 Å². The first-order valence-corrected chi connectivity index (χ1v) is 13.9. The number of hydrogen-bond acceptors (Lipinski definition) is 8. The highest BCUT2D eigenvalue weighted by Gasteiger charge is 1.98. The van der Waals surface area contributed by atoms with E-state index in [1.54, 1.807) is 0 Å². The van der Waals surface area contributed by atoms with Crippen LogP contribution < -0.4 is 41.9 Å². The number of hydrogen-bond donors (Lipinski definition) is 4. The average Bonchev–Trinajstić information content (AvgIpc) is 2.97. The van der Waals surface area contributed by atoms with Gasteiger partial charge in [0.1, 0.15) is 23.0 Å². The normalized spacial score (nSPS) is 10.2. The predicted molar refractivity (Wildman–Crippen MR) is 168 cm³/mol. The predicted octanol–water partition coefficient (Wildman–Crippen LogP) is 6.57. The van der Waals surface area contributed by atoms with E-state index in [1.165, 1.54) is 0 Å². The fourth-order valence-corrected chi connectivity index (χ4v) is 3.68. The second kappa shape index (κ2) is 17.8. The van der Waals surface area contributed by atoms with E-state index in [0.29, 0.717) is 37.8 Å². The zero-order valence-electron chi connectivity index (χ0n) is 23.5. The Hall–Kier alpha value is -4.72. The molecule has 0 unspecified atom stereocenters. The Bertz CT molecular complexity index is 1170. The van der Waals surface area contributed by atoms with Crippen LogP contribution >= 0.6 is 0 Å². The summed E-state index contributed by atoms with van der Waals surface area (Å²) in [4.78, 5) is 0. The highest BCUT2D eigenvalue weighted by Crippen LogP contribution is 2.17. The van der Waals surface area contributed by atoms with Crippen molar-refractivity contribution in [1.29, 1.82) is 0 Å². The number of nitrogens with two attached hydrogens (primary N) is 4. The summed E-state index contributed by atoms with van der Waals surface area (Å²) in [6, 6.07) is 29.8. The van der Waals surface area contributed by atoms with Crippen LogP contribution in [-0.2, 0) is 0 Å². The van der Waals surface area contributed by atoms with E-state index in [9.17, 15) is 0 Å². The minimum absolute atomic E-state index is 0.656. The summed E-state index contributed by atoms with van der Waals surface area (Å²) in [5.74, 6) is 3.34. The minimum atomic E-state index is 0.656. The van der Waals surface area contributed by atoms with Crippen molar-refractivity contribution in [3.05, 3.63) is 97.1 Å². The summed E-state index contributed by atoms with van der Waals surface area (Å²) in [7, 11) is 0. The molecular weight excluding hydrogens is 516 g/mol. The molecule has 218 valence electrons. The van der Waals surface area contributed by atoms with Crippen LogP contribution in [0.4, 0.5) is 22.7 Å². The monoisotopic (exact) mass is 558 g/mol. The third-order valence-corrected chi connectivity index (χ3v) is 5.88. The molecule has 0 aliphatic heterocycles. The third-order valence-electron chi connectivity index (χ3n) is 5.88. The summed E-state index contributed by atoms with van der Waals surface area (Å²) in [5.41, 5.74) is 25.5. The molecule has 4 rings (SSSR count). The molecule has 0 spiro atoms. The Morgan fingerprint density at radius 1 is 0.341 bits per heavy atom. The lowest BCUT2D eigenvalue weighted by Gasteiger charge is -2.08. The van der Waals surface area contributed by atoms with Gasteiger partial charge >= 0.3 is 0 Å². The van der Waals surface area contributed by atoms with Crippen molar-refractivity contribution in [2.24, 2.45) is 0 Å². The number of rotatable bonds is 15. The molecule has 0 fully saturated rings. The number of nitrogen functional groups attached to an aromatic ring is 4. The molecule has 0 atom stereocenters. The van der Waals surface area contributed by atoms with Crippen LogP contribution in [-0.4, -0.2) is 26.4 Å². The number of ether oxygens (including phenoxy) is 4. The first kappa shape index (κ1) is 30.8. The molecule has 0 saturated carbocycles.